The predicted molar refractivity (Wildman–Crippen MR) is 86.6 cm³/mol. The maximum atomic E-state index is 12.6. The first-order valence-corrected chi connectivity index (χ1v) is 7.57. The molecule has 0 aliphatic carbocycles. The fourth-order valence-electron chi connectivity index (χ4n) is 2.32. The standard InChI is InChI=1S/C17H21N3O3/c1-13(2)11-19(9-7-16(21)22)17(23)14-3-5-15(6-4-14)20-10-8-18-12-20/h3-6,8,10,12-13H,7,9,11H2,1-2H3,(H,21,22). The Hall–Kier alpha value is -2.63. The molecule has 0 fully saturated rings. The lowest BCUT2D eigenvalue weighted by molar-refractivity contribution is -0.137. The van der Waals surface area contributed by atoms with Crippen LogP contribution in [0.5, 0.6) is 0 Å². The van der Waals surface area contributed by atoms with Gasteiger partial charge >= 0.3 is 5.97 Å². The summed E-state index contributed by atoms with van der Waals surface area (Å²) < 4.78 is 1.85. The molecule has 1 heterocycles. The van der Waals surface area contributed by atoms with Crippen LogP contribution in [0.2, 0.25) is 0 Å². The largest absolute Gasteiger partial charge is 0.481 e. The van der Waals surface area contributed by atoms with E-state index >= 15 is 0 Å². The number of aliphatic carboxylic acids is 1. The van der Waals surface area contributed by atoms with Gasteiger partial charge in [-0.05, 0) is 30.2 Å². The smallest absolute Gasteiger partial charge is 0.305 e. The van der Waals surface area contributed by atoms with Gasteiger partial charge in [-0.3, -0.25) is 9.59 Å². The number of carboxylic acids is 1. The Morgan fingerprint density at radius 2 is 1.96 bits per heavy atom. The Kier molecular flexibility index (Phi) is 5.51. The van der Waals surface area contributed by atoms with Crippen LogP contribution in [0.1, 0.15) is 30.6 Å². The number of hydrogen-bond donors (Lipinski definition) is 1. The van der Waals surface area contributed by atoms with Gasteiger partial charge in [0, 0.05) is 36.7 Å². The van der Waals surface area contributed by atoms with Crippen molar-refractivity contribution in [3.63, 3.8) is 0 Å². The van der Waals surface area contributed by atoms with Gasteiger partial charge in [0.25, 0.3) is 5.91 Å². The van der Waals surface area contributed by atoms with E-state index < -0.39 is 5.97 Å². The molecule has 1 amide bonds. The topological polar surface area (TPSA) is 75.4 Å². The van der Waals surface area contributed by atoms with Crippen LogP contribution >= 0.6 is 0 Å². The van der Waals surface area contributed by atoms with Gasteiger partial charge in [0.05, 0.1) is 12.7 Å². The van der Waals surface area contributed by atoms with Crippen molar-refractivity contribution in [2.75, 3.05) is 13.1 Å². The summed E-state index contributed by atoms with van der Waals surface area (Å²) in [7, 11) is 0. The monoisotopic (exact) mass is 315 g/mol. The zero-order chi connectivity index (χ0) is 16.8. The lowest BCUT2D eigenvalue weighted by Gasteiger charge is -2.24. The molecule has 0 aliphatic rings. The predicted octanol–water partition coefficient (Wildman–Crippen LogP) is 2.45. The molecule has 1 aromatic heterocycles. The van der Waals surface area contributed by atoms with E-state index in [9.17, 15) is 9.59 Å². The highest BCUT2D eigenvalue weighted by atomic mass is 16.4. The van der Waals surface area contributed by atoms with Crippen LogP contribution in [-0.2, 0) is 4.79 Å². The van der Waals surface area contributed by atoms with E-state index in [0.717, 1.165) is 5.69 Å². The second kappa shape index (κ2) is 7.58. The molecule has 0 atom stereocenters. The third-order valence-electron chi connectivity index (χ3n) is 3.39. The zero-order valence-electron chi connectivity index (χ0n) is 13.3. The van der Waals surface area contributed by atoms with E-state index in [1.807, 2.05) is 36.7 Å². The number of aromatic nitrogens is 2. The van der Waals surface area contributed by atoms with Gasteiger partial charge in [-0.2, -0.15) is 0 Å². The molecule has 0 radical (unpaired) electrons. The van der Waals surface area contributed by atoms with Gasteiger partial charge in [0.2, 0.25) is 0 Å². The summed E-state index contributed by atoms with van der Waals surface area (Å²) in [5, 5.41) is 8.84. The highest BCUT2D eigenvalue weighted by Crippen LogP contribution is 2.13. The number of imidazole rings is 1. The van der Waals surface area contributed by atoms with Crippen LogP contribution in [0.15, 0.2) is 43.0 Å². The second-order valence-electron chi connectivity index (χ2n) is 5.81. The highest BCUT2D eigenvalue weighted by Gasteiger charge is 2.18. The fraction of sp³-hybridized carbons (Fsp3) is 0.353. The third-order valence-corrected chi connectivity index (χ3v) is 3.39. The van der Waals surface area contributed by atoms with Crippen LogP contribution in [0.3, 0.4) is 0 Å². The summed E-state index contributed by atoms with van der Waals surface area (Å²) in [5.41, 5.74) is 1.47. The van der Waals surface area contributed by atoms with Crippen molar-refractivity contribution < 1.29 is 14.7 Å². The van der Waals surface area contributed by atoms with Crippen molar-refractivity contribution in [2.45, 2.75) is 20.3 Å². The molecule has 0 bridgehead atoms. The summed E-state index contributed by atoms with van der Waals surface area (Å²) >= 11 is 0. The zero-order valence-corrected chi connectivity index (χ0v) is 13.3. The minimum Gasteiger partial charge on any atom is -0.481 e. The minimum atomic E-state index is -0.901. The van der Waals surface area contributed by atoms with Gasteiger partial charge in [-0.25, -0.2) is 4.98 Å². The Morgan fingerprint density at radius 3 is 2.48 bits per heavy atom. The number of hydrogen-bond acceptors (Lipinski definition) is 3. The number of carbonyl (C=O) groups excluding carboxylic acids is 1. The number of amides is 1. The third kappa shape index (κ3) is 4.67. The number of rotatable bonds is 7. The van der Waals surface area contributed by atoms with E-state index in [0.29, 0.717) is 12.1 Å². The van der Waals surface area contributed by atoms with E-state index in [1.54, 1.807) is 29.6 Å². The molecule has 6 nitrogen and oxygen atoms in total. The Balaban J connectivity index is 2.13. The lowest BCUT2D eigenvalue weighted by atomic mass is 10.1. The molecule has 6 heteroatoms. The van der Waals surface area contributed by atoms with E-state index in [1.165, 1.54) is 0 Å². The average Bonchev–Trinajstić information content (AvgIpc) is 3.05. The first-order chi connectivity index (χ1) is 11.0. The molecule has 23 heavy (non-hydrogen) atoms. The lowest BCUT2D eigenvalue weighted by Crippen LogP contribution is -2.36. The molecule has 1 N–H and O–H groups in total. The Morgan fingerprint density at radius 1 is 1.26 bits per heavy atom. The van der Waals surface area contributed by atoms with Crippen molar-refractivity contribution in [3.8, 4) is 5.69 Å². The van der Waals surface area contributed by atoms with Crippen LogP contribution in [-0.4, -0.2) is 44.5 Å². The number of carboxylic acid groups (broad SMARTS) is 1. The average molecular weight is 315 g/mol. The van der Waals surface area contributed by atoms with Crippen molar-refractivity contribution in [2.24, 2.45) is 5.92 Å². The number of carbonyl (C=O) groups is 2. The maximum Gasteiger partial charge on any atom is 0.305 e. The van der Waals surface area contributed by atoms with Crippen molar-refractivity contribution in [1.82, 2.24) is 14.5 Å². The molecular formula is C17H21N3O3. The SMILES string of the molecule is CC(C)CN(CCC(=O)O)C(=O)c1ccc(-n2ccnc2)cc1. The molecule has 0 saturated carbocycles. The maximum absolute atomic E-state index is 12.6. The highest BCUT2D eigenvalue weighted by molar-refractivity contribution is 5.94. The molecule has 1 aromatic carbocycles. The summed E-state index contributed by atoms with van der Waals surface area (Å²) in [6.45, 7) is 4.76. The summed E-state index contributed by atoms with van der Waals surface area (Å²) in [4.78, 5) is 29.0. The summed E-state index contributed by atoms with van der Waals surface area (Å²) in [5.74, 6) is -0.767. The van der Waals surface area contributed by atoms with E-state index in [-0.39, 0.29) is 24.8 Å². The molecular weight excluding hydrogens is 294 g/mol. The number of benzene rings is 1. The van der Waals surface area contributed by atoms with Crippen molar-refractivity contribution in [1.29, 1.82) is 0 Å². The van der Waals surface area contributed by atoms with E-state index in [2.05, 4.69) is 4.98 Å². The molecule has 2 aromatic rings. The molecule has 122 valence electrons. The van der Waals surface area contributed by atoms with Gasteiger partial charge in [0.15, 0.2) is 0 Å². The molecule has 2 rings (SSSR count). The summed E-state index contributed by atoms with van der Waals surface area (Å²) in [6, 6.07) is 7.21. The van der Waals surface area contributed by atoms with Gasteiger partial charge in [-0.1, -0.05) is 13.8 Å². The van der Waals surface area contributed by atoms with Gasteiger partial charge < -0.3 is 14.6 Å². The molecule has 0 unspecified atom stereocenters. The summed E-state index contributed by atoms with van der Waals surface area (Å²) in [6.07, 6.45) is 5.16. The first kappa shape index (κ1) is 16.7. The molecule has 0 saturated heterocycles. The number of nitrogens with zero attached hydrogens (tertiary/aromatic N) is 3. The van der Waals surface area contributed by atoms with Crippen LogP contribution in [0.25, 0.3) is 5.69 Å². The van der Waals surface area contributed by atoms with Crippen molar-refractivity contribution in [3.05, 3.63) is 48.5 Å². The second-order valence-corrected chi connectivity index (χ2v) is 5.81. The Bertz CT molecular complexity index is 648. The minimum absolute atomic E-state index is 0.0500. The fourth-order valence-corrected chi connectivity index (χ4v) is 2.32. The van der Waals surface area contributed by atoms with Crippen LogP contribution in [0, 0.1) is 5.92 Å². The van der Waals surface area contributed by atoms with Crippen LogP contribution in [0.4, 0.5) is 0 Å². The molecule has 0 aliphatic heterocycles. The van der Waals surface area contributed by atoms with Crippen molar-refractivity contribution >= 4 is 11.9 Å². The first-order valence-electron chi connectivity index (χ1n) is 7.57. The molecule has 0 spiro atoms. The van der Waals surface area contributed by atoms with E-state index in [4.69, 9.17) is 5.11 Å². The van der Waals surface area contributed by atoms with Gasteiger partial charge in [-0.15, -0.1) is 0 Å². The van der Waals surface area contributed by atoms with Gasteiger partial charge in [0.1, 0.15) is 0 Å². The Labute approximate surface area is 135 Å². The normalized spacial score (nSPS) is 10.7. The quantitative estimate of drug-likeness (QED) is 0.851. The van der Waals surface area contributed by atoms with Crippen LogP contribution < -0.4 is 0 Å².